The molecule has 1 aromatic carbocycles. The average Bonchev–Trinajstić information content (AvgIpc) is 2.30. The van der Waals surface area contributed by atoms with E-state index in [1.165, 1.54) is 6.07 Å². The number of nitrogens with two attached hydrogens (primary N) is 1. The maximum Gasteiger partial charge on any atom is 0.223 e. The van der Waals surface area contributed by atoms with Crippen molar-refractivity contribution in [2.75, 3.05) is 5.73 Å². The Hall–Kier alpha value is -2.24. The van der Waals surface area contributed by atoms with E-state index in [2.05, 4.69) is 15.0 Å². The van der Waals surface area contributed by atoms with Crippen molar-refractivity contribution >= 4 is 5.95 Å². The van der Waals surface area contributed by atoms with Crippen LogP contribution in [0.25, 0.3) is 11.4 Å². The Balaban J connectivity index is 2.38. The van der Waals surface area contributed by atoms with Gasteiger partial charge in [-0.05, 0) is 39.0 Å². The van der Waals surface area contributed by atoms with Crippen LogP contribution in [0, 0.1) is 12.7 Å². The summed E-state index contributed by atoms with van der Waals surface area (Å²) in [6.45, 7) is 5.38. The summed E-state index contributed by atoms with van der Waals surface area (Å²) in [4.78, 5) is 12.0. The quantitative estimate of drug-likeness (QED) is 0.919. The molecule has 0 atom stereocenters. The third kappa shape index (κ3) is 3.15. The molecule has 1 heterocycles. The van der Waals surface area contributed by atoms with E-state index >= 15 is 0 Å². The number of halogens is 1. The smallest absolute Gasteiger partial charge is 0.223 e. The lowest BCUT2D eigenvalue weighted by Gasteiger charge is -2.11. The van der Waals surface area contributed by atoms with Crippen LogP contribution in [0.5, 0.6) is 5.75 Å². The fraction of sp³-hybridized carbons (Fsp3) is 0.308. The first kappa shape index (κ1) is 13.2. The van der Waals surface area contributed by atoms with E-state index in [4.69, 9.17) is 10.5 Å². The van der Waals surface area contributed by atoms with Gasteiger partial charge in [0.25, 0.3) is 0 Å². The van der Waals surface area contributed by atoms with E-state index in [1.54, 1.807) is 19.1 Å². The number of hydrogen-bond donors (Lipinski definition) is 1. The molecule has 2 N–H and O–H groups in total. The minimum atomic E-state index is -0.456. The number of aryl methyl sites for hydroxylation is 1. The highest BCUT2D eigenvalue weighted by Crippen LogP contribution is 2.24. The molecule has 100 valence electrons. The molecule has 19 heavy (non-hydrogen) atoms. The number of nitrogens with zero attached hydrogens (tertiary/aromatic N) is 3. The lowest BCUT2D eigenvalue weighted by atomic mass is 10.2. The SMILES string of the molecule is Cc1nc(N)nc(-c2ccc(OC(C)C)c(F)c2)n1. The fourth-order valence-electron chi connectivity index (χ4n) is 1.62. The summed E-state index contributed by atoms with van der Waals surface area (Å²) in [7, 11) is 0. The molecule has 5 nitrogen and oxygen atoms in total. The highest BCUT2D eigenvalue weighted by Gasteiger charge is 2.10. The molecule has 0 spiro atoms. The Morgan fingerprint density at radius 1 is 1.21 bits per heavy atom. The first-order chi connectivity index (χ1) is 8.95. The zero-order valence-corrected chi connectivity index (χ0v) is 11.0. The molecule has 0 fully saturated rings. The van der Waals surface area contributed by atoms with Crippen LogP contribution < -0.4 is 10.5 Å². The number of benzene rings is 1. The van der Waals surface area contributed by atoms with Crippen LogP contribution in [-0.2, 0) is 0 Å². The van der Waals surface area contributed by atoms with Crippen molar-refractivity contribution in [1.29, 1.82) is 0 Å². The molecule has 1 aromatic heterocycles. The molecule has 0 unspecified atom stereocenters. The van der Waals surface area contributed by atoms with Crippen molar-refractivity contribution < 1.29 is 9.13 Å². The van der Waals surface area contributed by atoms with Gasteiger partial charge in [0, 0.05) is 5.56 Å². The highest BCUT2D eigenvalue weighted by atomic mass is 19.1. The third-order valence-electron chi connectivity index (χ3n) is 2.32. The molecule has 2 rings (SSSR count). The Labute approximate surface area is 110 Å². The van der Waals surface area contributed by atoms with Gasteiger partial charge in [-0.25, -0.2) is 9.37 Å². The van der Waals surface area contributed by atoms with Crippen molar-refractivity contribution in [2.45, 2.75) is 26.9 Å². The number of anilines is 1. The van der Waals surface area contributed by atoms with Gasteiger partial charge >= 0.3 is 0 Å². The normalized spacial score (nSPS) is 10.8. The van der Waals surface area contributed by atoms with Crippen molar-refractivity contribution in [3.8, 4) is 17.1 Å². The summed E-state index contributed by atoms with van der Waals surface area (Å²) in [5.74, 6) is 0.705. The number of ether oxygens (including phenoxy) is 1. The van der Waals surface area contributed by atoms with Crippen molar-refractivity contribution in [3.63, 3.8) is 0 Å². The van der Waals surface area contributed by atoms with Crippen LogP contribution >= 0.6 is 0 Å². The number of aromatic nitrogens is 3. The van der Waals surface area contributed by atoms with Crippen LogP contribution in [0.3, 0.4) is 0 Å². The molecule has 0 aliphatic carbocycles. The van der Waals surface area contributed by atoms with Gasteiger partial charge in [0.1, 0.15) is 5.82 Å². The fourth-order valence-corrected chi connectivity index (χ4v) is 1.62. The first-order valence-corrected chi connectivity index (χ1v) is 5.90. The highest BCUT2D eigenvalue weighted by molar-refractivity contribution is 5.57. The van der Waals surface area contributed by atoms with E-state index in [-0.39, 0.29) is 17.8 Å². The van der Waals surface area contributed by atoms with Gasteiger partial charge in [-0.2, -0.15) is 9.97 Å². The van der Waals surface area contributed by atoms with Crippen LogP contribution in [-0.4, -0.2) is 21.1 Å². The van der Waals surface area contributed by atoms with Crippen molar-refractivity contribution in [3.05, 3.63) is 29.8 Å². The average molecular weight is 262 g/mol. The Bertz CT molecular complexity index is 581. The van der Waals surface area contributed by atoms with Crippen molar-refractivity contribution in [1.82, 2.24) is 15.0 Å². The number of hydrogen-bond acceptors (Lipinski definition) is 5. The van der Waals surface area contributed by atoms with Gasteiger partial charge in [-0.15, -0.1) is 0 Å². The first-order valence-electron chi connectivity index (χ1n) is 5.90. The van der Waals surface area contributed by atoms with Gasteiger partial charge in [-0.1, -0.05) is 0 Å². The van der Waals surface area contributed by atoms with E-state index in [0.717, 1.165) is 0 Å². The van der Waals surface area contributed by atoms with Gasteiger partial charge in [-0.3, -0.25) is 0 Å². The maximum atomic E-state index is 13.9. The summed E-state index contributed by atoms with van der Waals surface area (Å²) >= 11 is 0. The summed E-state index contributed by atoms with van der Waals surface area (Å²) < 4.78 is 19.2. The van der Waals surface area contributed by atoms with Crippen LogP contribution in [0.2, 0.25) is 0 Å². The van der Waals surface area contributed by atoms with Crippen LogP contribution in [0.15, 0.2) is 18.2 Å². The standard InChI is InChI=1S/C13H15FN4O/c1-7(2)19-11-5-4-9(6-10(11)14)12-16-8(3)17-13(15)18-12/h4-7H,1-3H3,(H2,15,16,17,18). The summed E-state index contributed by atoms with van der Waals surface area (Å²) in [6.07, 6.45) is -0.0876. The lowest BCUT2D eigenvalue weighted by molar-refractivity contribution is 0.231. The van der Waals surface area contributed by atoms with E-state index in [1.807, 2.05) is 13.8 Å². The monoisotopic (exact) mass is 262 g/mol. The number of nitrogen functional groups attached to an aromatic ring is 1. The van der Waals surface area contributed by atoms with E-state index in [9.17, 15) is 4.39 Å². The molecule has 0 amide bonds. The molecule has 0 saturated heterocycles. The molecular weight excluding hydrogens is 247 g/mol. The maximum absolute atomic E-state index is 13.9. The zero-order valence-electron chi connectivity index (χ0n) is 11.0. The van der Waals surface area contributed by atoms with Gasteiger partial charge in [0.15, 0.2) is 17.4 Å². The molecule has 0 aliphatic heterocycles. The van der Waals surface area contributed by atoms with Crippen LogP contribution in [0.4, 0.5) is 10.3 Å². The molecule has 0 bridgehead atoms. The second-order valence-corrected chi connectivity index (χ2v) is 4.38. The second kappa shape index (κ2) is 5.17. The van der Waals surface area contributed by atoms with Gasteiger partial charge in [0.05, 0.1) is 6.10 Å². The largest absolute Gasteiger partial charge is 0.488 e. The lowest BCUT2D eigenvalue weighted by Crippen LogP contribution is -2.07. The second-order valence-electron chi connectivity index (χ2n) is 4.38. The Morgan fingerprint density at radius 3 is 2.53 bits per heavy atom. The molecule has 2 aromatic rings. The third-order valence-corrected chi connectivity index (χ3v) is 2.32. The Morgan fingerprint density at radius 2 is 1.95 bits per heavy atom. The topological polar surface area (TPSA) is 73.9 Å². The molecule has 6 heteroatoms. The molecule has 0 radical (unpaired) electrons. The predicted octanol–water partition coefficient (Wildman–Crippen LogP) is 2.36. The van der Waals surface area contributed by atoms with E-state index < -0.39 is 5.82 Å². The molecular formula is C13H15FN4O. The minimum absolute atomic E-state index is 0.0876. The van der Waals surface area contributed by atoms with Crippen molar-refractivity contribution in [2.24, 2.45) is 0 Å². The van der Waals surface area contributed by atoms with Gasteiger partial charge in [0.2, 0.25) is 5.95 Å². The molecule has 0 aliphatic rings. The van der Waals surface area contributed by atoms with Gasteiger partial charge < -0.3 is 10.5 Å². The summed E-state index contributed by atoms with van der Waals surface area (Å²) in [5.41, 5.74) is 6.08. The zero-order chi connectivity index (χ0) is 14.0. The predicted molar refractivity (Wildman–Crippen MR) is 70.1 cm³/mol. The van der Waals surface area contributed by atoms with Crippen LogP contribution in [0.1, 0.15) is 19.7 Å². The summed E-state index contributed by atoms with van der Waals surface area (Å²) in [5, 5.41) is 0. The summed E-state index contributed by atoms with van der Waals surface area (Å²) in [6, 6.07) is 4.57. The molecule has 0 saturated carbocycles. The Kier molecular flexibility index (Phi) is 3.59. The van der Waals surface area contributed by atoms with E-state index in [0.29, 0.717) is 17.2 Å². The minimum Gasteiger partial charge on any atom is -0.488 e. The number of rotatable bonds is 3.